The van der Waals surface area contributed by atoms with Crippen molar-refractivity contribution >= 4 is 17.2 Å². The highest BCUT2D eigenvalue weighted by atomic mass is 19.1. The normalized spacial score (nSPS) is 13.2. The highest BCUT2D eigenvalue weighted by Gasteiger charge is 2.19. The third kappa shape index (κ3) is 3.60. The SMILES string of the molecule is COc1ccc(CCC2=Nc3cc([N+](=O)[O-])ccc3CN2C)c(F)c1. The predicted octanol–water partition coefficient (Wildman–Crippen LogP) is 3.85. The van der Waals surface area contributed by atoms with Gasteiger partial charge in [-0.2, -0.15) is 0 Å². The fourth-order valence-corrected chi connectivity index (χ4v) is 2.83. The first-order valence-corrected chi connectivity index (χ1v) is 7.86. The highest BCUT2D eigenvalue weighted by Crippen LogP contribution is 2.30. The molecule has 3 rings (SSSR count). The summed E-state index contributed by atoms with van der Waals surface area (Å²) in [7, 11) is 3.41. The summed E-state index contributed by atoms with van der Waals surface area (Å²) in [5.41, 5.74) is 2.15. The van der Waals surface area contributed by atoms with Gasteiger partial charge in [-0.25, -0.2) is 9.38 Å². The number of benzene rings is 2. The number of aryl methyl sites for hydroxylation is 1. The average Bonchev–Trinajstić information content (AvgIpc) is 2.60. The summed E-state index contributed by atoms with van der Waals surface area (Å²) in [5, 5.41) is 10.9. The molecule has 0 radical (unpaired) electrons. The third-order valence-electron chi connectivity index (χ3n) is 4.26. The lowest BCUT2D eigenvalue weighted by atomic mass is 10.1. The van der Waals surface area contributed by atoms with Gasteiger partial charge in [0.2, 0.25) is 0 Å². The van der Waals surface area contributed by atoms with E-state index >= 15 is 0 Å². The van der Waals surface area contributed by atoms with Crippen molar-refractivity contribution in [3.05, 3.63) is 63.5 Å². The van der Waals surface area contributed by atoms with E-state index in [2.05, 4.69) is 4.99 Å². The Balaban J connectivity index is 1.80. The van der Waals surface area contributed by atoms with Crippen LogP contribution >= 0.6 is 0 Å². The molecular formula is C18H18FN3O3. The van der Waals surface area contributed by atoms with E-state index in [4.69, 9.17) is 4.74 Å². The molecule has 25 heavy (non-hydrogen) atoms. The number of ether oxygens (including phenoxy) is 1. The minimum absolute atomic E-state index is 0.0209. The quantitative estimate of drug-likeness (QED) is 0.611. The molecule has 0 amide bonds. The number of amidine groups is 1. The Bertz CT molecular complexity index is 851. The van der Waals surface area contributed by atoms with E-state index < -0.39 is 4.92 Å². The Labute approximate surface area is 144 Å². The van der Waals surface area contributed by atoms with Gasteiger partial charge in [-0.3, -0.25) is 10.1 Å². The molecule has 1 aliphatic rings. The van der Waals surface area contributed by atoms with Crippen molar-refractivity contribution in [3.8, 4) is 5.75 Å². The van der Waals surface area contributed by atoms with E-state index in [-0.39, 0.29) is 11.5 Å². The Morgan fingerprint density at radius 2 is 2.08 bits per heavy atom. The molecule has 6 nitrogen and oxygen atoms in total. The van der Waals surface area contributed by atoms with Crippen molar-refractivity contribution < 1.29 is 14.1 Å². The Morgan fingerprint density at radius 3 is 2.76 bits per heavy atom. The van der Waals surface area contributed by atoms with Crippen molar-refractivity contribution in [2.75, 3.05) is 14.2 Å². The number of rotatable bonds is 5. The second-order valence-electron chi connectivity index (χ2n) is 5.91. The lowest BCUT2D eigenvalue weighted by Crippen LogP contribution is -2.29. The monoisotopic (exact) mass is 343 g/mol. The summed E-state index contributed by atoms with van der Waals surface area (Å²) in [6, 6.07) is 9.49. The van der Waals surface area contributed by atoms with Gasteiger partial charge in [0.25, 0.3) is 5.69 Å². The molecule has 0 N–H and O–H groups in total. The Hall–Kier alpha value is -2.96. The average molecular weight is 343 g/mol. The number of nitro benzene ring substituents is 1. The summed E-state index contributed by atoms with van der Waals surface area (Å²) in [5.74, 6) is 0.951. The maximum absolute atomic E-state index is 14.1. The molecule has 2 aromatic rings. The number of halogens is 1. The standard InChI is InChI=1S/C18H18FN3O3/c1-21-11-13-3-6-14(22(23)24)9-17(13)20-18(21)8-5-12-4-7-15(25-2)10-16(12)19/h3-4,6-7,9-10H,5,8,11H2,1-2H3. The van der Waals surface area contributed by atoms with Gasteiger partial charge in [0.1, 0.15) is 17.4 Å². The summed E-state index contributed by atoms with van der Waals surface area (Å²) < 4.78 is 19.1. The van der Waals surface area contributed by atoms with Crippen LogP contribution in [0.25, 0.3) is 0 Å². The van der Waals surface area contributed by atoms with Crippen LogP contribution in [-0.4, -0.2) is 29.8 Å². The van der Waals surface area contributed by atoms with Crippen LogP contribution in [0, 0.1) is 15.9 Å². The molecule has 0 unspecified atom stereocenters. The topological polar surface area (TPSA) is 68.0 Å². The summed E-state index contributed by atoms with van der Waals surface area (Å²) in [6.45, 7) is 0.622. The van der Waals surface area contributed by atoms with E-state index in [1.807, 2.05) is 11.9 Å². The molecule has 1 heterocycles. The maximum Gasteiger partial charge on any atom is 0.271 e. The van der Waals surface area contributed by atoms with Crippen molar-refractivity contribution in [1.29, 1.82) is 0 Å². The van der Waals surface area contributed by atoms with Gasteiger partial charge in [-0.15, -0.1) is 0 Å². The fraction of sp³-hybridized carbons (Fsp3) is 0.278. The van der Waals surface area contributed by atoms with Crippen LogP contribution in [0.2, 0.25) is 0 Å². The first kappa shape index (κ1) is 16.9. The molecule has 0 fully saturated rings. The van der Waals surface area contributed by atoms with Gasteiger partial charge in [0.15, 0.2) is 0 Å². The van der Waals surface area contributed by atoms with Gasteiger partial charge < -0.3 is 9.64 Å². The zero-order valence-corrected chi connectivity index (χ0v) is 14.0. The van der Waals surface area contributed by atoms with Crippen molar-refractivity contribution in [2.45, 2.75) is 19.4 Å². The molecule has 0 spiro atoms. The van der Waals surface area contributed by atoms with Crippen LogP contribution < -0.4 is 4.74 Å². The van der Waals surface area contributed by atoms with Crippen molar-refractivity contribution in [1.82, 2.24) is 4.90 Å². The Kier molecular flexibility index (Phi) is 4.65. The van der Waals surface area contributed by atoms with Gasteiger partial charge in [-0.1, -0.05) is 6.07 Å². The number of hydrogen-bond donors (Lipinski definition) is 0. The van der Waals surface area contributed by atoms with Crippen LogP contribution in [0.3, 0.4) is 0 Å². The largest absolute Gasteiger partial charge is 0.497 e. The second kappa shape index (κ2) is 6.88. The van der Waals surface area contributed by atoms with E-state index in [1.54, 1.807) is 18.2 Å². The first-order valence-electron chi connectivity index (χ1n) is 7.86. The molecule has 0 saturated heterocycles. The molecule has 0 saturated carbocycles. The smallest absolute Gasteiger partial charge is 0.271 e. The molecule has 1 aliphatic heterocycles. The maximum atomic E-state index is 14.1. The van der Waals surface area contributed by atoms with E-state index in [1.165, 1.54) is 25.3 Å². The molecule has 0 atom stereocenters. The molecule has 0 aromatic heterocycles. The number of nitro groups is 1. The molecular weight excluding hydrogens is 325 g/mol. The summed E-state index contributed by atoms with van der Waals surface area (Å²) in [4.78, 5) is 17.0. The van der Waals surface area contributed by atoms with Gasteiger partial charge >= 0.3 is 0 Å². The molecule has 0 aliphatic carbocycles. The van der Waals surface area contributed by atoms with Gasteiger partial charge in [-0.05, 0) is 29.7 Å². The number of non-ortho nitro benzene ring substituents is 1. The van der Waals surface area contributed by atoms with Gasteiger partial charge in [0, 0.05) is 38.2 Å². The van der Waals surface area contributed by atoms with Crippen LogP contribution in [0.5, 0.6) is 5.75 Å². The molecule has 130 valence electrons. The zero-order valence-electron chi connectivity index (χ0n) is 14.0. The lowest BCUT2D eigenvalue weighted by Gasteiger charge is -2.26. The number of nitrogens with zero attached hydrogens (tertiary/aromatic N) is 3. The van der Waals surface area contributed by atoms with Crippen LogP contribution in [-0.2, 0) is 13.0 Å². The predicted molar refractivity (Wildman–Crippen MR) is 92.9 cm³/mol. The molecule has 2 aromatic carbocycles. The van der Waals surface area contributed by atoms with Gasteiger partial charge in [0.05, 0.1) is 17.7 Å². The first-order chi connectivity index (χ1) is 12.0. The van der Waals surface area contributed by atoms with Crippen LogP contribution in [0.1, 0.15) is 17.5 Å². The summed E-state index contributed by atoms with van der Waals surface area (Å²) >= 11 is 0. The number of methoxy groups -OCH3 is 1. The van der Waals surface area contributed by atoms with Crippen LogP contribution in [0.15, 0.2) is 41.4 Å². The number of fused-ring (bicyclic) bond motifs is 1. The number of aliphatic imine (C=N–C) groups is 1. The van der Waals surface area contributed by atoms with Crippen molar-refractivity contribution in [2.24, 2.45) is 4.99 Å². The minimum atomic E-state index is -0.430. The second-order valence-corrected chi connectivity index (χ2v) is 5.91. The van der Waals surface area contributed by atoms with Crippen molar-refractivity contribution in [3.63, 3.8) is 0 Å². The lowest BCUT2D eigenvalue weighted by molar-refractivity contribution is -0.384. The number of hydrogen-bond acceptors (Lipinski definition) is 5. The minimum Gasteiger partial charge on any atom is -0.497 e. The van der Waals surface area contributed by atoms with Crippen LogP contribution in [0.4, 0.5) is 15.8 Å². The van der Waals surface area contributed by atoms with E-state index in [0.717, 1.165) is 11.4 Å². The summed E-state index contributed by atoms with van der Waals surface area (Å²) in [6.07, 6.45) is 1.03. The molecule has 0 bridgehead atoms. The Morgan fingerprint density at radius 1 is 1.28 bits per heavy atom. The molecule has 7 heteroatoms. The van der Waals surface area contributed by atoms with E-state index in [9.17, 15) is 14.5 Å². The fourth-order valence-electron chi connectivity index (χ4n) is 2.83. The highest BCUT2D eigenvalue weighted by molar-refractivity contribution is 5.87. The van der Waals surface area contributed by atoms with E-state index in [0.29, 0.717) is 36.4 Å². The third-order valence-corrected chi connectivity index (χ3v) is 4.26. The zero-order chi connectivity index (χ0) is 18.0.